The predicted octanol–water partition coefficient (Wildman–Crippen LogP) is 4.39. The molecule has 1 aromatic heterocycles. The molecule has 134 valence electrons. The first-order chi connectivity index (χ1) is 13.2. The lowest BCUT2D eigenvalue weighted by atomic mass is 10.2. The Hall–Kier alpha value is -3.67. The predicted molar refractivity (Wildman–Crippen MR) is 102 cm³/mol. The third-order valence-electron chi connectivity index (χ3n) is 4.03. The van der Waals surface area contributed by atoms with E-state index >= 15 is 0 Å². The number of imidazole rings is 1. The summed E-state index contributed by atoms with van der Waals surface area (Å²) in [6.45, 7) is -0.272. The van der Waals surface area contributed by atoms with E-state index in [1.165, 1.54) is 12.1 Å². The Kier molecular flexibility index (Phi) is 4.53. The van der Waals surface area contributed by atoms with Crippen molar-refractivity contribution in [3.8, 4) is 17.1 Å². The summed E-state index contributed by atoms with van der Waals surface area (Å²) in [5.74, 6) is -0.0555. The number of carbonyl (C=O) groups is 1. The van der Waals surface area contributed by atoms with E-state index in [9.17, 15) is 9.18 Å². The first-order valence-corrected chi connectivity index (χ1v) is 8.41. The van der Waals surface area contributed by atoms with Crippen LogP contribution in [0.25, 0.3) is 22.4 Å². The standard InChI is InChI=1S/C21H16FN3O2/c22-16-5-1-4-8-19(16)27-13-20(26)23-15-11-9-14(10-12-15)21-24-17-6-2-3-7-18(17)25-21/h1-12H,13H2,(H,23,26)(H,24,25). The van der Waals surface area contributed by atoms with Crippen LogP contribution in [-0.4, -0.2) is 22.5 Å². The molecule has 0 aliphatic heterocycles. The molecule has 0 aliphatic carbocycles. The Balaban J connectivity index is 1.40. The molecular weight excluding hydrogens is 345 g/mol. The number of fused-ring (bicyclic) bond motifs is 1. The maximum absolute atomic E-state index is 13.5. The number of aromatic amines is 1. The van der Waals surface area contributed by atoms with Crippen molar-refractivity contribution in [3.05, 3.63) is 78.6 Å². The van der Waals surface area contributed by atoms with E-state index in [1.807, 2.05) is 36.4 Å². The van der Waals surface area contributed by atoms with Crippen LogP contribution in [-0.2, 0) is 4.79 Å². The Morgan fingerprint density at radius 2 is 1.74 bits per heavy atom. The summed E-state index contributed by atoms with van der Waals surface area (Å²) in [6.07, 6.45) is 0. The number of H-pyrrole nitrogens is 1. The van der Waals surface area contributed by atoms with E-state index in [1.54, 1.807) is 24.3 Å². The number of benzene rings is 3. The topological polar surface area (TPSA) is 67.0 Å². The van der Waals surface area contributed by atoms with E-state index in [-0.39, 0.29) is 18.3 Å². The molecular formula is C21H16FN3O2. The van der Waals surface area contributed by atoms with Crippen molar-refractivity contribution in [2.24, 2.45) is 0 Å². The number of nitrogens with zero attached hydrogens (tertiary/aromatic N) is 1. The Bertz CT molecular complexity index is 1060. The lowest BCUT2D eigenvalue weighted by Crippen LogP contribution is -2.20. The molecule has 0 bridgehead atoms. The second kappa shape index (κ2) is 7.29. The lowest BCUT2D eigenvalue weighted by Gasteiger charge is -2.08. The van der Waals surface area contributed by atoms with Gasteiger partial charge in [0.2, 0.25) is 0 Å². The summed E-state index contributed by atoms with van der Waals surface area (Å²) in [4.78, 5) is 19.8. The number of halogens is 1. The zero-order chi connectivity index (χ0) is 18.6. The summed E-state index contributed by atoms with van der Waals surface area (Å²) in [6, 6.07) is 21.1. The number of rotatable bonds is 5. The molecule has 0 fully saturated rings. The molecule has 0 radical (unpaired) electrons. The smallest absolute Gasteiger partial charge is 0.262 e. The summed E-state index contributed by atoms with van der Waals surface area (Å²) in [5, 5.41) is 2.72. The third kappa shape index (κ3) is 3.79. The molecule has 0 saturated carbocycles. The molecule has 6 heteroatoms. The van der Waals surface area contributed by atoms with Crippen molar-refractivity contribution in [1.29, 1.82) is 0 Å². The minimum absolute atomic E-state index is 0.0490. The fourth-order valence-corrected chi connectivity index (χ4v) is 2.70. The zero-order valence-corrected chi connectivity index (χ0v) is 14.3. The van der Waals surface area contributed by atoms with Crippen molar-refractivity contribution in [3.63, 3.8) is 0 Å². The Morgan fingerprint density at radius 1 is 1.00 bits per heavy atom. The quantitative estimate of drug-likeness (QED) is 0.554. The molecule has 5 nitrogen and oxygen atoms in total. The number of aromatic nitrogens is 2. The molecule has 4 aromatic rings. The largest absolute Gasteiger partial charge is 0.481 e. The van der Waals surface area contributed by atoms with Crippen LogP contribution in [0.15, 0.2) is 72.8 Å². The van der Waals surface area contributed by atoms with Gasteiger partial charge >= 0.3 is 0 Å². The van der Waals surface area contributed by atoms with Crippen molar-refractivity contribution in [2.45, 2.75) is 0 Å². The highest BCUT2D eigenvalue weighted by Crippen LogP contribution is 2.22. The van der Waals surface area contributed by atoms with E-state index in [0.717, 1.165) is 22.4 Å². The van der Waals surface area contributed by atoms with E-state index < -0.39 is 5.82 Å². The van der Waals surface area contributed by atoms with Crippen LogP contribution in [0.5, 0.6) is 5.75 Å². The van der Waals surface area contributed by atoms with Gasteiger partial charge in [-0.3, -0.25) is 4.79 Å². The first-order valence-electron chi connectivity index (χ1n) is 8.41. The van der Waals surface area contributed by atoms with Crippen LogP contribution in [0, 0.1) is 5.82 Å². The number of hydrogen-bond donors (Lipinski definition) is 2. The van der Waals surface area contributed by atoms with Gasteiger partial charge in [0.1, 0.15) is 5.82 Å². The molecule has 0 aliphatic rings. The molecule has 2 N–H and O–H groups in total. The Labute approximate surface area is 154 Å². The van der Waals surface area contributed by atoms with E-state index in [4.69, 9.17) is 4.74 Å². The van der Waals surface area contributed by atoms with Crippen molar-refractivity contribution < 1.29 is 13.9 Å². The van der Waals surface area contributed by atoms with Crippen LogP contribution < -0.4 is 10.1 Å². The van der Waals surface area contributed by atoms with E-state index in [2.05, 4.69) is 15.3 Å². The molecule has 0 unspecified atom stereocenters. The fraction of sp³-hybridized carbons (Fsp3) is 0.0476. The molecule has 1 amide bonds. The maximum atomic E-state index is 13.5. The second-order valence-corrected chi connectivity index (χ2v) is 5.95. The highest BCUT2D eigenvalue weighted by atomic mass is 19.1. The van der Waals surface area contributed by atoms with Gasteiger partial charge in [-0.2, -0.15) is 0 Å². The Morgan fingerprint density at radius 3 is 2.52 bits per heavy atom. The van der Waals surface area contributed by atoms with Crippen molar-refractivity contribution >= 4 is 22.6 Å². The highest BCUT2D eigenvalue weighted by molar-refractivity contribution is 5.92. The van der Waals surface area contributed by atoms with Gasteiger partial charge in [-0.25, -0.2) is 9.37 Å². The van der Waals surface area contributed by atoms with Crippen molar-refractivity contribution in [2.75, 3.05) is 11.9 Å². The molecule has 27 heavy (non-hydrogen) atoms. The number of para-hydroxylation sites is 3. The molecule has 0 saturated heterocycles. The van der Waals surface area contributed by atoms with Crippen LogP contribution >= 0.6 is 0 Å². The molecule has 0 atom stereocenters. The van der Waals surface area contributed by atoms with Gasteiger partial charge in [0.25, 0.3) is 5.91 Å². The van der Waals surface area contributed by atoms with Gasteiger partial charge < -0.3 is 15.0 Å². The maximum Gasteiger partial charge on any atom is 0.262 e. The number of nitrogens with one attached hydrogen (secondary N) is 2. The summed E-state index contributed by atoms with van der Waals surface area (Å²) >= 11 is 0. The average molecular weight is 361 g/mol. The molecule has 3 aromatic carbocycles. The van der Waals surface area contributed by atoms with Gasteiger partial charge in [-0.1, -0.05) is 24.3 Å². The summed E-state index contributed by atoms with van der Waals surface area (Å²) < 4.78 is 18.7. The zero-order valence-electron chi connectivity index (χ0n) is 14.3. The van der Waals surface area contributed by atoms with Gasteiger partial charge in [-0.15, -0.1) is 0 Å². The number of hydrogen-bond acceptors (Lipinski definition) is 3. The van der Waals surface area contributed by atoms with E-state index in [0.29, 0.717) is 5.69 Å². The highest BCUT2D eigenvalue weighted by Gasteiger charge is 2.08. The van der Waals surface area contributed by atoms with Gasteiger partial charge in [-0.05, 0) is 48.5 Å². The summed E-state index contributed by atoms with van der Waals surface area (Å²) in [7, 11) is 0. The molecule has 4 rings (SSSR count). The normalized spacial score (nSPS) is 10.7. The number of amides is 1. The van der Waals surface area contributed by atoms with Crippen LogP contribution in [0.4, 0.5) is 10.1 Å². The fourth-order valence-electron chi connectivity index (χ4n) is 2.70. The van der Waals surface area contributed by atoms with Crippen LogP contribution in [0.2, 0.25) is 0 Å². The van der Waals surface area contributed by atoms with Crippen molar-refractivity contribution in [1.82, 2.24) is 9.97 Å². The number of ether oxygens (including phenoxy) is 1. The minimum Gasteiger partial charge on any atom is -0.481 e. The van der Waals surface area contributed by atoms with Crippen LogP contribution in [0.1, 0.15) is 0 Å². The van der Waals surface area contributed by atoms with Gasteiger partial charge in [0.05, 0.1) is 11.0 Å². The SMILES string of the molecule is O=C(COc1ccccc1F)Nc1ccc(-c2nc3ccccc3[nH]2)cc1. The number of anilines is 1. The minimum atomic E-state index is -0.500. The van der Waals surface area contributed by atoms with Gasteiger partial charge in [0.15, 0.2) is 18.2 Å². The average Bonchev–Trinajstić information content (AvgIpc) is 3.12. The third-order valence-corrected chi connectivity index (χ3v) is 4.03. The summed E-state index contributed by atoms with van der Waals surface area (Å²) in [5.41, 5.74) is 3.40. The monoisotopic (exact) mass is 361 g/mol. The molecule has 0 spiro atoms. The molecule has 1 heterocycles. The number of carbonyl (C=O) groups excluding carboxylic acids is 1. The first kappa shape index (κ1) is 16.8. The second-order valence-electron chi connectivity index (χ2n) is 5.95. The lowest BCUT2D eigenvalue weighted by molar-refractivity contribution is -0.118. The van der Waals surface area contributed by atoms with Crippen LogP contribution in [0.3, 0.4) is 0 Å². The van der Waals surface area contributed by atoms with Gasteiger partial charge in [0, 0.05) is 11.3 Å².